The van der Waals surface area contributed by atoms with E-state index in [2.05, 4.69) is 41.2 Å². The number of benzene rings is 2. The van der Waals surface area contributed by atoms with Crippen LogP contribution in [0.1, 0.15) is 42.8 Å². The molecule has 0 unspecified atom stereocenters. The minimum absolute atomic E-state index is 0.0840. The molecule has 0 aliphatic rings. The lowest BCUT2D eigenvalue weighted by atomic mass is 10.1. The van der Waals surface area contributed by atoms with Crippen molar-refractivity contribution in [3.8, 4) is 11.5 Å². The number of carbonyl (C=O) groups is 2. The van der Waals surface area contributed by atoms with Crippen LogP contribution in [0.2, 0.25) is 0 Å². The molecule has 0 spiro atoms. The molecule has 0 radical (unpaired) electrons. The summed E-state index contributed by atoms with van der Waals surface area (Å²) in [7, 11) is 0. The quantitative estimate of drug-likeness (QED) is 0.439. The SMILES string of the molecule is Cc1cccc(-c2nc(CC(=O)CC(=O)NCCN(Cc3ccccc3)C(C)C)c(C)o2)c1. The molecule has 3 rings (SSSR count). The zero-order valence-corrected chi connectivity index (χ0v) is 19.9. The highest BCUT2D eigenvalue weighted by molar-refractivity contribution is 5.98. The minimum Gasteiger partial charge on any atom is -0.441 e. The van der Waals surface area contributed by atoms with Crippen LogP contribution in [-0.4, -0.2) is 40.7 Å². The van der Waals surface area contributed by atoms with Gasteiger partial charge in [-0.3, -0.25) is 14.5 Å². The Labute approximate surface area is 196 Å². The second-order valence-corrected chi connectivity index (χ2v) is 8.68. The zero-order chi connectivity index (χ0) is 23.8. The number of hydrogen-bond acceptors (Lipinski definition) is 5. The van der Waals surface area contributed by atoms with Gasteiger partial charge in [0.1, 0.15) is 11.5 Å². The Morgan fingerprint density at radius 3 is 2.52 bits per heavy atom. The van der Waals surface area contributed by atoms with Crippen LogP contribution in [0.25, 0.3) is 11.5 Å². The van der Waals surface area contributed by atoms with Gasteiger partial charge in [0.05, 0.1) is 18.5 Å². The third-order valence-electron chi connectivity index (χ3n) is 5.56. The summed E-state index contributed by atoms with van der Waals surface area (Å²) in [5.74, 6) is 0.664. The van der Waals surface area contributed by atoms with Gasteiger partial charge in [-0.1, -0.05) is 48.0 Å². The van der Waals surface area contributed by atoms with Crippen LogP contribution in [0.4, 0.5) is 0 Å². The third-order valence-corrected chi connectivity index (χ3v) is 5.56. The molecule has 0 saturated carbocycles. The number of oxazole rings is 1. The van der Waals surface area contributed by atoms with Gasteiger partial charge in [-0.2, -0.15) is 0 Å². The van der Waals surface area contributed by atoms with E-state index in [1.165, 1.54) is 5.56 Å². The number of rotatable bonds is 11. The van der Waals surface area contributed by atoms with E-state index in [9.17, 15) is 9.59 Å². The largest absolute Gasteiger partial charge is 0.441 e. The van der Waals surface area contributed by atoms with E-state index in [-0.39, 0.29) is 24.5 Å². The van der Waals surface area contributed by atoms with Crippen LogP contribution in [0.5, 0.6) is 0 Å². The summed E-state index contributed by atoms with van der Waals surface area (Å²) in [6, 6.07) is 18.5. The van der Waals surface area contributed by atoms with E-state index in [1.807, 2.05) is 49.4 Å². The summed E-state index contributed by atoms with van der Waals surface area (Å²) < 4.78 is 5.75. The monoisotopic (exact) mass is 447 g/mol. The topological polar surface area (TPSA) is 75.4 Å². The molecule has 2 aromatic carbocycles. The summed E-state index contributed by atoms with van der Waals surface area (Å²) in [4.78, 5) is 31.6. The number of ketones is 1. The lowest BCUT2D eigenvalue weighted by molar-refractivity contribution is -0.127. The molecule has 0 atom stereocenters. The van der Waals surface area contributed by atoms with Crippen molar-refractivity contribution < 1.29 is 14.0 Å². The number of carbonyl (C=O) groups excluding carboxylic acids is 2. The highest BCUT2D eigenvalue weighted by Gasteiger charge is 2.17. The van der Waals surface area contributed by atoms with Crippen molar-refractivity contribution in [1.82, 2.24) is 15.2 Å². The molecule has 1 aromatic heterocycles. The Morgan fingerprint density at radius 2 is 1.82 bits per heavy atom. The van der Waals surface area contributed by atoms with Gasteiger partial charge in [0.25, 0.3) is 0 Å². The van der Waals surface area contributed by atoms with Gasteiger partial charge < -0.3 is 9.73 Å². The number of Topliss-reactive ketones (excluding diaryl/α,β-unsaturated/α-hetero) is 1. The minimum atomic E-state index is -0.261. The highest BCUT2D eigenvalue weighted by Crippen LogP contribution is 2.23. The Kier molecular flexibility index (Phi) is 8.55. The second kappa shape index (κ2) is 11.6. The van der Waals surface area contributed by atoms with Gasteiger partial charge in [0.2, 0.25) is 11.8 Å². The average molecular weight is 448 g/mol. The number of aryl methyl sites for hydroxylation is 2. The molecule has 0 bridgehead atoms. The molecule has 0 saturated heterocycles. The molecular formula is C27H33N3O3. The van der Waals surface area contributed by atoms with Crippen LogP contribution >= 0.6 is 0 Å². The van der Waals surface area contributed by atoms with Crippen molar-refractivity contribution in [2.75, 3.05) is 13.1 Å². The van der Waals surface area contributed by atoms with Crippen molar-refractivity contribution in [2.45, 2.75) is 53.1 Å². The first-order valence-electron chi connectivity index (χ1n) is 11.4. The Morgan fingerprint density at radius 1 is 1.06 bits per heavy atom. The number of nitrogens with zero attached hydrogens (tertiary/aromatic N) is 2. The Balaban J connectivity index is 1.47. The molecular weight excluding hydrogens is 414 g/mol. The third kappa shape index (κ3) is 7.39. The number of amides is 1. The summed E-state index contributed by atoms with van der Waals surface area (Å²) in [6.07, 6.45) is -0.0763. The first-order chi connectivity index (χ1) is 15.8. The molecule has 6 heteroatoms. The fourth-order valence-electron chi connectivity index (χ4n) is 3.66. The molecule has 0 fully saturated rings. The molecule has 174 valence electrons. The number of hydrogen-bond donors (Lipinski definition) is 1. The van der Waals surface area contributed by atoms with Gasteiger partial charge in [0, 0.05) is 31.2 Å². The van der Waals surface area contributed by atoms with Crippen molar-refractivity contribution in [3.05, 3.63) is 77.2 Å². The maximum absolute atomic E-state index is 12.5. The normalized spacial score (nSPS) is 11.2. The Hall–Kier alpha value is -3.25. The maximum atomic E-state index is 12.5. The molecule has 1 amide bonds. The van der Waals surface area contributed by atoms with Crippen LogP contribution < -0.4 is 5.32 Å². The van der Waals surface area contributed by atoms with E-state index in [1.54, 1.807) is 6.92 Å². The second-order valence-electron chi connectivity index (χ2n) is 8.68. The first kappa shape index (κ1) is 24.4. The van der Waals surface area contributed by atoms with E-state index in [0.29, 0.717) is 29.9 Å². The number of aromatic nitrogens is 1. The molecule has 1 N–H and O–H groups in total. The van der Waals surface area contributed by atoms with E-state index in [4.69, 9.17) is 4.42 Å². The van der Waals surface area contributed by atoms with Crippen molar-refractivity contribution >= 4 is 11.7 Å². The van der Waals surface area contributed by atoms with Gasteiger partial charge in [0.15, 0.2) is 0 Å². The van der Waals surface area contributed by atoms with Crippen molar-refractivity contribution in [2.24, 2.45) is 0 Å². The molecule has 33 heavy (non-hydrogen) atoms. The lowest BCUT2D eigenvalue weighted by Crippen LogP contribution is -2.38. The van der Waals surface area contributed by atoms with Crippen LogP contribution in [0.15, 0.2) is 59.0 Å². The fourth-order valence-corrected chi connectivity index (χ4v) is 3.66. The van der Waals surface area contributed by atoms with E-state index >= 15 is 0 Å². The first-order valence-corrected chi connectivity index (χ1v) is 11.4. The van der Waals surface area contributed by atoms with Crippen molar-refractivity contribution in [1.29, 1.82) is 0 Å². The van der Waals surface area contributed by atoms with Gasteiger partial charge in [-0.25, -0.2) is 4.98 Å². The zero-order valence-electron chi connectivity index (χ0n) is 19.9. The molecule has 0 aliphatic carbocycles. The molecule has 1 heterocycles. The predicted molar refractivity (Wildman–Crippen MR) is 130 cm³/mol. The van der Waals surface area contributed by atoms with Gasteiger partial charge in [-0.15, -0.1) is 0 Å². The number of nitrogens with one attached hydrogen (secondary N) is 1. The lowest BCUT2D eigenvalue weighted by Gasteiger charge is -2.26. The molecule has 0 aliphatic heterocycles. The smallest absolute Gasteiger partial charge is 0.227 e. The van der Waals surface area contributed by atoms with Gasteiger partial charge in [-0.05, 0) is 45.4 Å². The summed E-state index contributed by atoms with van der Waals surface area (Å²) in [5.41, 5.74) is 3.80. The summed E-state index contributed by atoms with van der Waals surface area (Å²) in [5, 5.41) is 2.88. The van der Waals surface area contributed by atoms with Crippen LogP contribution in [0, 0.1) is 13.8 Å². The average Bonchev–Trinajstić information content (AvgIpc) is 3.13. The maximum Gasteiger partial charge on any atom is 0.227 e. The standard InChI is InChI=1S/C27H33N3O3/c1-19(2)30(18-22-10-6-5-7-11-22)14-13-28-26(32)17-24(31)16-25-21(4)33-27(29-25)23-12-8-9-20(3)15-23/h5-12,15,19H,13-14,16-18H2,1-4H3,(H,28,32). The van der Waals surface area contributed by atoms with Crippen LogP contribution in [-0.2, 0) is 22.6 Å². The van der Waals surface area contributed by atoms with Crippen molar-refractivity contribution in [3.63, 3.8) is 0 Å². The molecule has 6 nitrogen and oxygen atoms in total. The summed E-state index contributed by atoms with van der Waals surface area (Å²) in [6.45, 7) is 10.1. The van der Waals surface area contributed by atoms with Crippen LogP contribution in [0.3, 0.4) is 0 Å². The highest BCUT2D eigenvalue weighted by atomic mass is 16.4. The van der Waals surface area contributed by atoms with E-state index < -0.39 is 0 Å². The van der Waals surface area contributed by atoms with Gasteiger partial charge >= 0.3 is 0 Å². The predicted octanol–water partition coefficient (Wildman–Crippen LogP) is 4.49. The Bertz CT molecular complexity index is 1070. The molecule has 3 aromatic rings. The summed E-state index contributed by atoms with van der Waals surface area (Å²) >= 11 is 0. The van der Waals surface area contributed by atoms with E-state index in [0.717, 1.165) is 24.2 Å². The fraction of sp³-hybridized carbons (Fsp3) is 0.370.